The molecule has 0 amide bonds. The summed E-state index contributed by atoms with van der Waals surface area (Å²) in [4.78, 5) is 8.17. The summed E-state index contributed by atoms with van der Waals surface area (Å²) in [6.45, 7) is 0.763. The topological polar surface area (TPSA) is 89.2 Å². The van der Waals surface area contributed by atoms with Crippen molar-refractivity contribution in [1.82, 2.24) is 19.4 Å². The van der Waals surface area contributed by atoms with Gasteiger partial charge >= 0.3 is 0 Å². The molecule has 0 radical (unpaired) electrons. The first-order valence-electron chi connectivity index (χ1n) is 9.52. The molecule has 1 unspecified atom stereocenters. The molecule has 1 saturated heterocycles. The number of halogens is 1. The van der Waals surface area contributed by atoms with E-state index in [0.29, 0.717) is 31.2 Å². The minimum absolute atomic E-state index is 0.152. The van der Waals surface area contributed by atoms with E-state index in [9.17, 15) is 12.8 Å². The summed E-state index contributed by atoms with van der Waals surface area (Å²) in [5.74, 6) is 0.431. The number of pyridine rings is 1. The molecule has 1 atom stereocenters. The molecule has 0 aliphatic carbocycles. The van der Waals surface area contributed by atoms with Crippen molar-refractivity contribution in [2.75, 3.05) is 13.1 Å². The van der Waals surface area contributed by atoms with E-state index in [1.165, 1.54) is 28.6 Å². The Morgan fingerprint density at radius 2 is 2.07 bits per heavy atom. The van der Waals surface area contributed by atoms with Gasteiger partial charge in [0.1, 0.15) is 10.7 Å². The highest BCUT2D eigenvalue weighted by Crippen LogP contribution is 2.27. The van der Waals surface area contributed by atoms with Gasteiger partial charge in [0, 0.05) is 37.5 Å². The molecule has 152 valence electrons. The number of piperidine rings is 1. The molecule has 3 aromatic rings. The van der Waals surface area contributed by atoms with Crippen LogP contribution in [0.1, 0.15) is 25.2 Å². The lowest BCUT2D eigenvalue weighted by Crippen LogP contribution is -2.40. The fraction of sp³-hybridized carbons (Fsp3) is 0.350. The predicted octanol–water partition coefficient (Wildman–Crippen LogP) is 3.30. The smallest absolute Gasteiger partial charge is 0.245 e. The lowest BCUT2D eigenvalue weighted by atomic mass is 9.95. The number of hydrogen-bond acceptors (Lipinski definition) is 6. The van der Waals surface area contributed by atoms with E-state index >= 15 is 0 Å². The van der Waals surface area contributed by atoms with Crippen LogP contribution < -0.4 is 0 Å². The van der Waals surface area contributed by atoms with E-state index in [0.717, 1.165) is 24.8 Å². The van der Waals surface area contributed by atoms with Gasteiger partial charge in [0.05, 0.1) is 0 Å². The molecule has 0 saturated carbocycles. The van der Waals surface area contributed by atoms with Gasteiger partial charge in [-0.3, -0.25) is 4.98 Å². The number of rotatable bonds is 6. The van der Waals surface area contributed by atoms with Gasteiger partial charge in [-0.1, -0.05) is 17.3 Å². The van der Waals surface area contributed by atoms with Crippen molar-refractivity contribution in [2.45, 2.75) is 30.6 Å². The zero-order valence-electron chi connectivity index (χ0n) is 15.7. The molecule has 1 aromatic carbocycles. The third kappa shape index (κ3) is 4.35. The fourth-order valence-electron chi connectivity index (χ4n) is 3.57. The average Bonchev–Trinajstić information content (AvgIpc) is 3.22. The Bertz CT molecular complexity index is 1070. The van der Waals surface area contributed by atoms with Crippen LogP contribution in [-0.2, 0) is 16.4 Å². The van der Waals surface area contributed by atoms with E-state index in [2.05, 4.69) is 15.1 Å². The van der Waals surface area contributed by atoms with E-state index < -0.39 is 15.8 Å². The van der Waals surface area contributed by atoms with Gasteiger partial charge in [-0.2, -0.15) is 9.29 Å². The monoisotopic (exact) mass is 416 g/mol. The Morgan fingerprint density at radius 3 is 2.86 bits per heavy atom. The second-order valence-electron chi connectivity index (χ2n) is 7.09. The van der Waals surface area contributed by atoms with Crippen molar-refractivity contribution in [1.29, 1.82) is 0 Å². The standard InChI is InChI=1S/C20H21FN4O3S/c21-17-7-1-2-8-18(17)29(26,27)25-12-4-5-15(14-25)9-10-19-23-20(24-28-19)16-6-3-11-22-13-16/h1-3,6-8,11,13,15H,4-5,9-10,12,14H2. The third-order valence-corrected chi connectivity index (χ3v) is 6.99. The van der Waals surface area contributed by atoms with E-state index in [-0.39, 0.29) is 10.8 Å². The summed E-state index contributed by atoms with van der Waals surface area (Å²) in [7, 11) is -3.84. The van der Waals surface area contributed by atoms with Crippen LogP contribution in [-0.4, -0.2) is 40.9 Å². The highest BCUT2D eigenvalue weighted by Gasteiger charge is 2.32. The molecule has 2 aromatic heterocycles. The highest BCUT2D eigenvalue weighted by molar-refractivity contribution is 7.89. The number of aryl methyl sites for hydroxylation is 1. The van der Waals surface area contributed by atoms with Gasteiger partial charge in [-0.05, 0) is 49.4 Å². The van der Waals surface area contributed by atoms with Crippen molar-refractivity contribution in [3.8, 4) is 11.4 Å². The normalized spacial score (nSPS) is 18.0. The fourth-order valence-corrected chi connectivity index (χ4v) is 5.19. The molecule has 29 heavy (non-hydrogen) atoms. The first kappa shape index (κ1) is 19.7. The van der Waals surface area contributed by atoms with Crippen LogP contribution in [0.15, 0.2) is 58.2 Å². The van der Waals surface area contributed by atoms with Crippen molar-refractivity contribution in [3.05, 3.63) is 60.5 Å². The maximum absolute atomic E-state index is 14.0. The van der Waals surface area contributed by atoms with Gasteiger partial charge in [-0.25, -0.2) is 12.8 Å². The highest BCUT2D eigenvalue weighted by atomic mass is 32.2. The Morgan fingerprint density at radius 1 is 1.21 bits per heavy atom. The molecule has 1 aliphatic heterocycles. The Balaban J connectivity index is 1.40. The summed E-state index contributed by atoms with van der Waals surface area (Å²) in [5.41, 5.74) is 0.780. The molecule has 0 spiro atoms. The largest absolute Gasteiger partial charge is 0.339 e. The van der Waals surface area contributed by atoms with Crippen molar-refractivity contribution in [3.63, 3.8) is 0 Å². The van der Waals surface area contributed by atoms with Crippen LogP contribution >= 0.6 is 0 Å². The SMILES string of the molecule is O=S(=O)(c1ccccc1F)N1CCCC(CCc2nc(-c3cccnc3)no2)C1. The number of sulfonamides is 1. The molecular weight excluding hydrogens is 395 g/mol. The van der Waals surface area contributed by atoms with Crippen LogP contribution in [0, 0.1) is 11.7 Å². The lowest BCUT2D eigenvalue weighted by molar-refractivity contribution is 0.249. The van der Waals surface area contributed by atoms with Gasteiger partial charge in [0.15, 0.2) is 0 Å². The zero-order chi connectivity index (χ0) is 20.3. The summed E-state index contributed by atoms with van der Waals surface area (Å²) in [6.07, 6.45) is 6.27. The quantitative estimate of drug-likeness (QED) is 0.613. The van der Waals surface area contributed by atoms with E-state index in [1.807, 2.05) is 6.07 Å². The second-order valence-corrected chi connectivity index (χ2v) is 9.00. The van der Waals surface area contributed by atoms with Crippen molar-refractivity contribution < 1.29 is 17.3 Å². The summed E-state index contributed by atoms with van der Waals surface area (Å²) in [5, 5.41) is 3.98. The van der Waals surface area contributed by atoms with E-state index in [1.54, 1.807) is 18.5 Å². The molecule has 1 fully saturated rings. The molecule has 0 N–H and O–H groups in total. The van der Waals surface area contributed by atoms with Crippen LogP contribution in [0.4, 0.5) is 4.39 Å². The third-order valence-electron chi connectivity index (χ3n) is 5.09. The Labute approximate surface area is 168 Å². The molecule has 7 nitrogen and oxygen atoms in total. The van der Waals surface area contributed by atoms with Crippen LogP contribution in [0.3, 0.4) is 0 Å². The number of aromatic nitrogens is 3. The zero-order valence-corrected chi connectivity index (χ0v) is 16.6. The average molecular weight is 416 g/mol. The minimum Gasteiger partial charge on any atom is -0.339 e. The maximum atomic E-state index is 14.0. The summed E-state index contributed by atoms with van der Waals surface area (Å²) < 4.78 is 46.4. The van der Waals surface area contributed by atoms with Crippen LogP contribution in [0.2, 0.25) is 0 Å². The maximum Gasteiger partial charge on any atom is 0.245 e. The van der Waals surface area contributed by atoms with Crippen LogP contribution in [0.5, 0.6) is 0 Å². The number of benzene rings is 1. The van der Waals surface area contributed by atoms with E-state index in [4.69, 9.17) is 4.52 Å². The molecule has 0 bridgehead atoms. The molecule has 3 heterocycles. The van der Waals surface area contributed by atoms with Crippen molar-refractivity contribution in [2.24, 2.45) is 5.92 Å². The first-order chi connectivity index (χ1) is 14.0. The van der Waals surface area contributed by atoms with Crippen molar-refractivity contribution >= 4 is 10.0 Å². The summed E-state index contributed by atoms with van der Waals surface area (Å²) in [6, 6.07) is 9.16. The summed E-state index contributed by atoms with van der Waals surface area (Å²) >= 11 is 0. The van der Waals surface area contributed by atoms with Gasteiger partial charge < -0.3 is 4.52 Å². The Hall–Kier alpha value is -2.65. The molecule has 4 rings (SSSR count). The Kier molecular flexibility index (Phi) is 5.68. The molecule has 1 aliphatic rings. The molecule has 9 heteroatoms. The number of hydrogen-bond donors (Lipinski definition) is 0. The first-order valence-corrected chi connectivity index (χ1v) is 11.0. The lowest BCUT2D eigenvalue weighted by Gasteiger charge is -2.31. The second kappa shape index (κ2) is 8.38. The van der Waals surface area contributed by atoms with Gasteiger partial charge in [0.25, 0.3) is 0 Å². The van der Waals surface area contributed by atoms with Gasteiger partial charge in [-0.15, -0.1) is 0 Å². The number of nitrogens with zero attached hydrogens (tertiary/aromatic N) is 4. The predicted molar refractivity (Wildman–Crippen MR) is 104 cm³/mol. The minimum atomic E-state index is -3.84. The van der Waals surface area contributed by atoms with Crippen LogP contribution in [0.25, 0.3) is 11.4 Å². The molecular formula is C20H21FN4O3S. The van der Waals surface area contributed by atoms with Gasteiger partial charge in [0.2, 0.25) is 21.7 Å².